The van der Waals surface area contributed by atoms with Crippen molar-refractivity contribution in [3.63, 3.8) is 0 Å². The van der Waals surface area contributed by atoms with Crippen molar-refractivity contribution < 1.29 is 17.9 Å². The topological polar surface area (TPSA) is 9.23 Å². The van der Waals surface area contributed by atoms with Crippen LogP contribution < -0.4 is 0 Å². The van der Waals surface area contributed by atoms with Gasteiger partial charge in [-0.25, -0.2) is 0 Å². The Morgan fingerprint density at radius 1 is 1.40 bits per heavy atom. The Morgan fingerprint density at radius 2 is 2.00 bits per heavy atom. The molecule has 0 spiro atoms. The number of rotatable bonds is 4. The van der Waals surface area contributed by atoms with Crippen LogP contribution in [0.1, 0.15) is 12.8 Å². The first-order chi connectivity index (χ1) is 4.56. The molecule has 0 atom stereocenters. The van der Waals surface area contributed by atoms with E-state index in [0.717, 1.165) is 6.26 Å². The molecule has 0 aliphatic rings. The highest BCUT2D eigenvalue weighted by Gasteiger charge is 2.25. The quantitative estimate of drug-likeness (QED) is 0.446. The fourth-order valence-electron chi connectivity index (χ4n) is 0.439. The number of hydrogen-bond acceptors (Lipinski definition) is 1. The van der Waals surface area contributed by atoms with Crippen LogP contribution in [0.4, 0.5) is 13.2 Å². The van der Waals surface area contributed by atoms with E-state index >= 15 is 0 Å². The number of ether oxygens (including phenoxy) is 1. The molecule has 4 heteroatoms. The Balaban J connectivity index is 3.12. The van der Waals surface area contributed by atoms with Crippen LogP contribution >= 0.6 is 0 Å². The summed E-state index contributed by atoms with van der Waals surface area (Å²) >= 11 is 0. The second kappa shape index (κ2) is 4.19. The van der Waals surface area contributed by atoms with Crippen molar-refractivity contribution in [1.82, 2.24) is 0 Å². The van der Waals surface area contributed by atoms with Gasteiger partial charge in [-0.2, -0.15) is 13.2 Å². The van der Waals surface area contributed by atoms with E-state index in [9.17, 15) is 13.2 Å². The predicted molar refractivity (Wildman–Crippen MR) is 31.4 cm³/mol. The molecule has 10 heavy (non-hydrogen) atoms. The minimum Gasteiger partial charge on any atom is -0.502 e. The molecule has 1 nitrogen and oxygen atoms in total. The van der Waals surface area contributed by atoms with Gasteiger partial charge in [0.1, 0.15) is 0 Å². The maximum atomic E-state index is 11.4. The van der Waals surface area contributed by atoms with Crippen LogP contribution in [0, 0.1) is 0 Å². The first-order valence-corrected chi connectivity index (χ1v) is 2.85. The van der Waals surface area contributed by atoms with Crippen molar-refractivity contribution in [3.05, 3.63) is 12.8 Å². The van der Waals surface area contributed by atoms with Crippen molar-refractivity contribution in [2.45, 2.75) is 19.0 Å². The predicted octanol–water partition coefficient (Wildman–Crippen LogP) is 2.49. The summed E-state index contributed by atoms with van der Waals surface area (Å²) in [6.45, 7) is 3.28. The van der Waals surface area contributed by atoms with Gasteiger partial charge in [-0.05, 0) is 6.42 Å². The molecule has 0 heterocycles. The summed E-state index contributed by atoms with van der Waals surface area (Å²) in [5.74, 6) is 0. The monoisotopic (exact) mass is 154 g/mol. The fraction of sp³-hybridized carbons (Fsp3) is 0.667. The van der Waals surface area contributed by atoms with E-state index in [1.165, 1.54) is 0 Å². The largest absolute Gasteiger partial charge is 0.502 e. The molecular weight excluding hydrogens is 145 g/mol. The third kappa shape index (κ3) is 7.33. The second-order valence-corrected chi connectivity index (χ2v) is 1.76. The Kier molecular flexibility index (Phi) is 3.91. The summed E-state index contributed by atoms with van der Waals surface area (Å²) in [5.41, 5.74) is 0. The van der Waals surface area contributed by atoms with E-state index < -0.39 is 12.6 Å². The zero-order valence-corrected chi connectivity index (χ0v) is 5.45. The van der Waals surface area contributed by atoms with Crippen molar-refractivity contribution in [2.75, 3.05) is 6.61 Å². The highest BCUT2D eigenvalue weighted by Crippen LogP contribution is 2.20. The van der Waals surface area contributed by atoms with Gasteiger partial charge in [0.2, 0.25) is 0 Å². The molecule has 0 amide bonds. The van der Waals surface area contributed by atoms with Crippen LogP contribution in [0.15, 0.2) is 12.8 Å². The van der Waals surface area contributed by atoms with Crippen LogP contribution in [-0.4, -0.2) is 12.8 Å². The van der Waals surface area contributed by atoms with Gasteiger partial charge in [0.25, 0.3) is 0 Å². The molecule has 0 bridgehead atoms. The third-order valence-corrected chi connectivity index (χ3v) is 0.840. The van der Waals surface area contributed by atoms with E-state index in [1.807, 2.05) is 0 Å². The lowest BCUT2D eigenvalue weighted by atomic mass is 10.3. The van der Waals surface area contributed by atoms with Gasteiger partial charge in [0.15, 0.2) is 0 Å². The molecule has 0 N–H and O–H groups in total. The van der Waals surface area contributed by atoms with Crippen LogP contribution in [0.2, 0.25) is 0 Å². The summed E-state index contributed by atoms with van der Waals surface area (Å²) in [6, 6.07) is 0. The fourth-order valence-corrected chi connectivity index (χ4v) is 0.439. The van der Waals surface area contributed by atoms with Crippen LogP contribution in [0.25, 0.3) is 0 Å². The summed E-state index contributed by atoms with van der Waals surface area (Å²) in [6.07, 6.45) is -3.72. The van der Waals surface area contributed by atoms with E-state index in [4.69, 9.17) is 0 Å². The third-order valence-electron chi connectivity index (χ3n) is 0.840. The van der Waals surface area contributed by atoms with E-state index in [1.54, 1.807) is 0 Å². The standard InChI is InChI=1S/C6H9F3O/c1-2-10-5-3-4-6(7,8)9/h2H,1,3-5H2. The number of alkyl halides is 3. The Bertz CT molecular complexity index is 97.7. The maximum Gasteiger partial charge on any atom is 0.389 e. The van der Waals surface area contributed by atoms with Crippen molar-refractivity contribution in [1.29, 1.82) is 0 Å². The summed E-state index contributed by atoms with van der Waals surface area (Å²) < 4.78 is 38.7. The molecule has 0 saturated heterocycles. The average molecular weight is 154 g/mol. The molecule has 0 aliphatic carbocycles. The lowest BCUT2D eigenvalue weighted by Gasteiger charge is -2.04. The molecule has 0 rings (SSSR count). The average Bonchev–Trinajstić information content (AvgIpc) is 1.78. The number of hydrogen-bond donors (Lipinski definition) is 0. The van der Waals surface area contributed by atoms with Gasteiger partial charge in [0.05, 0.1) is 12.9 Å². The molecule has 0 aromatic heterocycles. The zero-order chi connectivity index (χ0) is 8.04. The van der Waals surface area contributed by atoms with Gasteiger partial charge in [-0.3, -0.25) is 0 Å². The summed E-state index contributed by atoms with van der Waals surface area (Å²) in [7, 11) is 0. The van der Waals surface area contributed by atoms with Gasteiger partial charge in [0, 0.05) is 6.42 Å². The smallest absolute Gasteiger partial charge is 0.389 e. The van der Waals surface area contributed by atoms with Gasteiger partial charge < -0.3 is 4.74 Å². The van der Waals surface area contributed by atoms with Crippen LogP contribution in [0.5, 0.6) is 0 Å². The van der Waals surface area contributed by atoms with Crippen molar-refractivity contribution in [2.24, 2.45) is 0 Å². The normalized spacial score (nSPS) is 11.1. The number of halogens is 3. The minimum atomic E-state index is -4.06. The van der Waals surface area contributed by atoms with Gasteiger partial charge in [-0.15, -0.1) is 0 Å². The van der Waals surface area contributed by atoms with E-state index in [-0.39, 0.29) is 13.0 Å². The molecule has 0 aromatic carbocycles. The second-order valence-electron chi connectivity index (χ2n) is 1.76. The van der Waals surface area contributed by atoms with Gasteiger partial charge >= 0.3 is 6.18 Å². The van der Waals surface area contributed by atoms with Gasteiger partial charge in [-0.1, -0.05) is 6.58 Å². The SMILES string of the molecule is C=COCCCC(F)(F)F. The molecule has 0 aromatic rings. The minimum absolute atomic E-state index is 0.00444. The molecule has 0 radical (unpaired) electrons. The molecule has 0 aliphatic heterocycles. The van der Waals surface area contributed by atoms with Crippen LogP contribution in [0.3, 0.4) is 0 Å². The lowest BCUT2D eigenvalue weighted by Crippen LogP contribution is -2.07. The summed E-state index contributed by atoms with van der Waals surface area (Å²) in [4.78, 5) is 0. The van der Waals surface area contributed by atoms with Crippen molar-refractivity contribution in [3.8, 4) is 0 Å². The maximum absolute atomic E-state index is 11.4. The van der Waals surface area contributed by atoms with E-state index in [2.05, 4.69) is 11.3 Å². The zero-order valence-electron chi connectivity index (χ0n) is 5.45. The Hall–Kier alpha value is -0.670. The van der Waals surface area contributed by atoms with Crippen molar-refractivity contribution >= 4 is 0 Å². The first kappa shape index (κ1) is 9.33. The molecule has 0 unspecified atom stereocenters. The Labute approximate surface area is 57.5 Å². The molecule has 60 valence electrons. The molecule has 0 fully saturated rings. The highest BCUT2D eigenvalue weighted by atomic mass is 19.4. The molecule has 0 saturated carbocycles. The Morgan fingerprint density at radius 3 is 2.40 bits per heavy atom. The summed E-state index contributed by atoms with van der Waals surface area (Å²) in [5, 5.41) is 0. The molecular formula is C6H9F3O. The first-order valence-electron chi connectivity index (χ1n) is 2.85. The lowest BCUT2D eigenvalue weighted by molar-refractivity contribution is -0.137. The van der Waals surface area contributed by atoms with E-state index in [0.29, 0.717) is 0 Å². The van der Waals surface area contributed by atoms with Crippen LogP contribution in [-0.2, 0) is 4.74 Å². The highest BCUT2D eigenvalue weighted by molar-refractivity contribution is 4.52.